The minimum Gasteiger partial charge on any atom is -0.350 e. The van der Waals surface area contributed by atoms with Crippen molar-refractivity contribution in [2.24, 2.45) is 0 Å². The highest BCUT2D eigenvalue weighted by Crippen LogP contribution is 2.36. The molecule has 0 radical (unpaired) electrons. The molecule has 0 saturated heterocycles. The van der Waals surface area contributed by atoms with Crippen molar-refractivity contribution < 1.29 is 14.4 Å². The summed E-state index contributed by atoms with van der Waals surface area (Å²) >= 11 is 0. The van der Waals surface area contributed by atoms with Crippen molar-refractivity contribution in [2.75, 3.05) is 15.5 Å². The van der Waals surface area contributed by atoms with Gasteiger partial charge in [0.2, 0.25) is 5.91 Å². The summed E-state index contributed by atoms with van der Waals surface area (Å²) < 4.78 is 0. The average Bonchev–Trinajstić information content (AvgIpc) is 3.00. The van der Waals surface area contributed by atoms with E-state index in [1.165, 1.54) is 11.8 Å². The summed E-state index contributed by atoms with van der Waals surface area (Å²) in [5, 5.41) is 5.90. The largest absolute Gasteiger partial charge is 0.350 e. The zero-order valence-electron chi connectivity index (χ0n) is 19.0. The number of carbonyl (C=O) groups is 3. The lowest BCUT2D eigenvalue weighted by molar-refractivity contribution is -0.120. The first-order valence-corrected chi connectivity index (χ1v) is 10.7. The second-order valence-corrected chi connectivity index (χ2v) is 8.24. The fourth-order valence-corrected chi connectivity index (χ4v) is 3.88. The number of nitrogens with zero attached hydrogens (tertiary/aromatic N) is 1. The number of rotatable bonds is 5. The van der Waals surface area contributed by atoms with Crippen LogP contribution in [0.5, 0.6) is 0 Å². The molecule has 6 nitrogen and oxygen atoms in total. The van der Waals surface area contributed by atoms with E-state index in [1.54, 1.807) is 24.3 Å². The van der Waals surface area contributed by atoms with Crippen LogP contribution in [-0.4, -0.2) is 17.7 Å². The third-order valence-electron chi connectivity index (χ3n) is 5.47. The molecule has 2 N–H and O–H groups in total. The van der Waals surface area contributed by atoms with Crippen molar-refractivity contribution in [2.45, 2.75) is 27.7 Å². The van der Waals surface area contributed by atoms with Crippen molar-refractivity contribution >= 4 is 40.4 Å². The number of nitrogens with one attached hydrogen (secondary N) is 2. The minimum absolute atomic E-state index is 0.183. The molecule has 3 aromatic rings. The molecule has 0 bridgehead atoms. The maximum atomic E-state index is 13.6. The van der Waals surface area contributed by atoms with Crippen LogP contribution in [0.15, 0.2) is 72.4 Å². The van der Waals surface area contributed by atoms with Crippen molar-refractivity contribution in [1.82, 2.24) is 0 Å². The molecule has 3 amide bonds. The molecule has 0 saturated carbocycles. The Morgan fingerprint density at radius 3 is 2.15 bits per heavy atom. The highest BCUT2D eigenvalue weighted by atomic mass is 16.2. The van der Waals surface area contributed by atoms with Gasteiger partial charge in [-0.25, -0.2) is 4.90 Å². The van der Waals surface area contributed by atoms with Gasteiger partial charge in [0, 0.05) is 18.3 Å². The average molecular weight is 440 g/mol. The third-order valence-corrected chi connectivity index (χ3v) is 5.47. The van der Waals surface area contributed by atoms with E-state index in [1.807, 2.05) is 63.2 Å². The maximum absolute atomic E-state index is 13.6. The molecule has 1 aliphatic rings. The van der Waals surface area contributed by atoms with Gasteiger partial charge in [0.05, 0.1) is 11.3 Å². The monoisotopic (exact) mass is 439 g/mol. The Morgan fingerprint density at radius 2 is 1.48 bits per heavy atom. The summed E-state index contributed by atoms with van der Waals surface area (Å²) in [5.74, 6) is -0.982. The smallest absolute Gasteiger partial charge is 0.282 e. The quantitative estimate of drug-likeness (QED) is 0.551. The molecule has 0 atom stereocenters. The number of carbonyl (C=O) groups excluding carboxylic acids is 3. The van der Waals surface area contributed by atoms with E-state index < -0.39 is 11.8 Å². The van der Waals surface area contributed by atoms with Gasteiger partial charge < -0.3 is 10.6 Å². The first kappa shape index (κ1) is 22.0. The molecule has 1 heterocycles. The second kappa shape index (κ2) is 8.74. The summed E-state index contributed by atoms with van der Waals surface area (Å²) in [6.07, 6.45) is 0. The number of hydrogen-bond acceptors (Lipinski definition) is 4. The van der Waals surface area contributed by atoms with Crippen molar-refractivity contribution in [1.29, 1.82) is 0 Å². The van der Waals surface area contributed by atoms with E-state index in [0.717, 1.165) is 22.4 Å². The fraction of sp³-hybridized carbons (Fsp3) is 0.148. The molecule has 1 aliphatic heterocycles. The molecule has 33 heavy (non-hydrogen) atoms. The molecular weight excluding hydrogens is 414 g/mol. The van der Waals surface area contributed by atoms with Crippen LogP contribution in [0, 0.1) is 20.8 Å². The van der Waals surface area contributed by atoms with Gasteiger partial charge in [0.1, 0.15) is 5.70 Å². The Bertz CT molecular complexity index is 1310. The molecule has 0 unspecified atom stereocenters. The maximum Gasteiger partial charge on any atom is 0.282 e. The standard InChI is InChI=1S/C27H25N3O3/c1-16-6-5-7-22(14-16)29-25-24(20-10-12-21(13-11-20)28-19(4)31)26(32)30(27(25)33)23-15-17(2)8-9-18(23)3/h5-15,29H,1-4H3,(H,28,31). The van der Waals surface area contributed by atoms with Gasteiger partial charge in [-0.15, -0.1) is 0 Å². The van der Waals surface area contributed by atoms with Gasteiger partial charge in [0.25, 0.3) is 11.8 Å². The number of benzene rings is 3. The van der Waals surface area contributed by atoms with Crippen LogP contribution in [0.2, 0.25) is 0 Å². The van der Waals surface area contributed by atoms with Crippen molar-refractivity contribution in [3.05, 3.63) is 94.7 Å². The summed E-state index contributed by atoms with van der Waals surface area (Å²) in [6, 6.07) is 20.2. The zero-order chi connectivity index (χ0) is 23.7. The first-order valence-electron chi connectivity index (χ1n) is 10.7. The van der Waals surface area contributed by atoms with Crippen LogP contribution in [0.4, 0.5) is 17.1 Å². The molecule has 0 aliphatic carbocycles. The van der Waals surface area contributed by atoms with Crippen molar-refractivity contribution in [3.8, 4) is 0 Å². The van der Waals surface area contributed by atoms with E-state index >= 15 is 0 Å². The van der Waals surface area contributed by atoms with E-state index in [-0.39, 0.29) is 17.2 Å². The number of aryl methyl sites for hydroxylation is 3. The number of amides is 3. The van der Waals surface area contributed by atoms with E-state index in [4.69, 9.17) is 0 Å². The highest BCUT2D eigenvalue weighted by molar-refractivity contribution is 6.46. The summed E-state index contributed by atoms with van der Waals surface area (Å²) in [6.45, 7) is 7.20. The molecule has 4 rings (SSSR count). The van der Waals surface area contributed by atoms with Gasteiger partial charge in [-0.1, -0.05) is 36.4 Å². The molecule has 0 aromatic heterocycles. The summed E-state index contributed by atoms with van der Waals surface area (Å²) in [7, 11) is 0. The first-order chi connectivity index (χ1) is 15.7. The SMILES string of the molecule is CC(=O)Nc1ccc(C2=C(Nc3cccc(C)c3)C(=O)N(c3cc(C)ccc3C)C2=O)cc1. The number of anilines is 3. The molecule has 3 aromatic carbocycles. The molecule has 0 fully saturated rings. The van der Waals surface area contributed by atoms with Gasteiger partial charge in [-0.2, -0.15) is 0 Å². The Hall–Kier alpha value is -4.19. The second-order valence-electron chi connectivity index (χ2n) is 8.24. The number of hydrogen-bond donors (Lipinski definition) is 2. The van der Waals surface area contributed by atoms with Crippen LogP contribution >= 0.6 is 0 Å². The highest BCUT2D eigenvalue weighted by Gasteiger charge is 2.40. The van der Waals surface area contributed by atoms with Crippen molar-refractivity contribution in [3.63, 3.8) is 0 Å². The third kappa shape index (κ3) is 4.41. The van der Waals surface area contributed by atoms with Crippen LogP contribution in [-0.2, 0) is 14.4 Å². The van der Waals surface area contributed by atoms with E-state index in [2.05, 4.69) is 10.6 Å². The lowest BCUT2D eigenvalue weighted by Gasteiger charge is -2.18. The predicted octanol–water partition coefficient (Wildman–Crippen LogP) is 4.97. The lowest BCUT2D eigenvalue weighted by atomic mass is 10.0. The van der Waals surface area contributed by atoms with Gasteiger partial charge in [-0.3, -0.25) is 14.4 Å². The Morgan fingerprint density at radius 1 is 0.788 bits per heavy atom. The summed E-state index contributed by atoms with van der Waals surface area (Å²) in [4.78, 5) is 39.8. The Kier molecular flexibility index (Phi) is 5.84. The minimum atomic E-state index is -0.406. The molecule has 166 valence electrons. The van der Waals surface area contributed by atoms with Crippen LogP contribution < -0.4 is 15.5 Å². The van der Waals surface area contributed by atoms with Gasteiger partial charge in [0.15, 0.2) is 0 Å². The number of imide groups is 1. The Balaban J connectivity index is 1.82. The van der Waals surface area contributed by atoms with E-state index in [9.17, 15) is 14.4 Å². The van der Waals surface area contributed by atoms with Gasteiger partial charge >= 0.3 is 0 Å². The lowest BCUT2D eigenvalue weighted by Crippen LogP contribution is -2.33. The zero-order valence-corrected chi connectivity index (χ0v) is 19.0. The predicted molar refractivity (Wildman–Crippen MR) is 131 cm³/mol. The topological polar surface area (TPSA) is 78.5 Å². The van der Waals surface area contributed by atoms with Gasteiger partial charge in [-0.05, 0) is 73.4 Å². The van der Waals surface area contributed by atoms with Crippen LogP contribution in [0.25, 0.3) is 5.57 Å². The van der Waals surface area contributed by atoms with Crippen LogP contribution in [0.3, 0.4) is 0 Å². The van der Waals surface area contributed by atoms with E-state index in [0.29, 0.717) is 16.9 Å². The molecule has 6 heteroatoms. The van der Waals surface area contributed by atoms with Crippen LogP contribution in [0.1, 0.15) is 29.2 Å². The molecule has 0 spiro atoms. The fourth-order valence-electron chi connectivity index (χ4n) is 3.88. The Labute approximate surface area is 192 Å². The normalized spacial score (nSPS) is 13.5. The summed E-state index contributed by atoms with van der Waals surface area (Å²) in [5.41, 5.74) is 5.82. The molecular formula is C27H25N3O3.